The molecule has 4 nitrogen and oxygen atoms in total. The van der Waals surface area contributed by atoms with Gasteiger partial charge < -0.3 is 14.9 Å². The summed E-state index contributed by atoms with van der Waals surface area (Å²) in [5.41, 5.74) is 5.60. The van der Waals surface area contributed by atoms with Crippen molar-refractivity contribution in [2.75, 3.05) is 13.7 Å². The Balaban J connectivity index is 2.42. The van der Waals surface area contributed by atoms with Crippen LogP contribution in [0.5, 0.6) is 0 Å². The van der Waals surface area contributed by atoms with Crippen molar-refractivity contribution in [2.24, 2.45) is 5.73 Å². The maximum absolute atomic E-state index is 11.4. The van der Waals surface area contributed by atoms with Gasteiger partial charge in [-0.3, -0.25) is 4.79 Å². The highest BCUT2D eigenvalue weighted by atomic mass is 16.5. The summed E-state index contributed by atoms with van der Waals surface area (Å²) in [6.07, 6.45) is 1.72. The average molecular weight is 183 g/mol. The van der Waals surface area contributed by atoms with E-state index in [-0.39, 0.29) is 18.2 Å². The number of nitrogens with two attached hydrogens (primary N) is 1. The van der Waals surface area contributed by atoms with Crippen LogP contribution in [-0.4, -0.2) is 25.5 Å². The van der Waals surface area contributed by atoms with E-state index in [9.17, 15) is 4.79 Å². The molecule has 1 unspecified atom stereocenters. The lowest BCUT2D eigenvalue weighted by molar-refractivity contribution is 0.0922. The molecule has 1 aromatic heterocycles. The lowest BCUT2D eigenvalue weighted by Crippen LogP contribution is -2.28. The SMILES string of the molecule is COCC(N)CC(=O)c1ccco1. The van der Waals surface area contributed by atoms with Gasteiger partial charge in [-0.05, 0) is 12.1 Å². The van der Waals surface area contributed by atoms with E-state index in [0.29, 0.717) is 12.4 Å². The molecule has 1 atom stereocenters. The first-order valence-corrected chi connectivity index (χ1v) is 4.05. The molecule has 0 fully saturated rings. The van der Waals surface area contributed by atoms with Crippen LogP contribution >= 0.6 is 0 Å². The van der Waals surface area contributed by atoms with Crippen LogP contribution in [0.25, 0.3) is 0 Å². The number of carbonyl (C=O) groups excluding carboxylic acids is 1. The van der Waals surface area contributed by atoms with Gasteiger partial charge in [-0.25, -0.2) is 0 Å². The molecular formula is C9H13NO3. The van der Waals surface area contributed by atoms with Gasteiger partial charge >= 0.3 is 0 Å². The normalized spacial score (nSPS) is 12.8. The molecule has 0 aliphatic carbocycles. The van der Waals surface area contributed by atoms with Crippen molar-refractivity contribution in [3.63, 3.8) is 0 Å². The predicted molar refractivity (Wildman–Crippen MR) is 47.5 cm³/mol. The fourth-order valence-electron chi connectivity index (χ4n) is 1.05. The Bertz CT molecular complexity index is 256. The summed E-state index contributed by atoms with van der Waals surface area (Å²) in [6.45, 7) is 0.381. The van der Waals surface area contributed by atoms with Crippen molar-refractivity contribution < 1.29 is 13.9 Å². The average Bonchev–Trinajstić information content (AvgIpc) is 2.55. The topological polar surface area (TPSA) is 65.5 Å². The Hall–Kier alpha value is -1.13. The molecule has 1 rings (SSSR count). The van der Waals surface area contributed by atoms with Crippen molar-refractivity contribution in [3.8, 4) is 0 Å². The maximum atomic E-state index is 11.4. The minimum atomic E-state index is -0.261. The Morgan fingerprint density at radius 2 is 2.54 bits per heavy atom. The summed E-state index contributed by atoms with van der Waals surface area (Å²) < 4.78 is 9.74. The number of carbonyl (C=O) groups is 1. The number of hydrogen-bond acceptors (Lipinski definition) is 4. The number of hydrogen-bond donors (Lipinski definition) is 1. The second kappa shape index (κ2) is 4.79. The van der Waals surface area contributed by atoms with E-state index < -0.39 is 0 Å². The van der Waals surface area contributed by atoms with Gasteiger partial charge in [0.15, 0.2) is 11.5 Å². The van der Waals surface area contributed by atoms with Crippen LogP contribution in [-0.2, 0) is 4.74 Å². The van der Waals surface area contributed by atoms with Gasteiger partial charge in [-0.15, -0.1) is 0 Å². The maximum Gasteiger partial charge on any atom is 0.199 e. The van der Waals surface area contributed by atoms with Crippen molar-refractivity contribution in [3.05, 3.63) is 24.2 Å². The van der Waals surface area contributed by atoms with E-state index in [4.69, 9.17) is 14.9 Å². The number of Topliss-reactive ketones (excluding diaryl/α,β-unsaturated/α-hetero) is 1. The molecule has 72 valence electrons. The molecule has 0 amide bonds. The molecule has 0 bridgehead atoms. The second-order valence-electron chi connectivity index (χ2n) is 2.82. The van der Waals surface area contributed by atoms with Gasteiger partial charge in [0.25, 0.3) is 0 Å². The smallest absolute Gasteiger partial charge is 0.199 e. The van der Waals surface area contributed by atoms with Gasteiger partial charge in [0.05, 0.1) is 12.9 Å². The van der Waals surface area contributed by atoms with Crippen LogP contribution in [0.3, 0.4) is 0 Å². The fourth-order valence-corrected chi connectivity index (χ4v) is 1.05. The third-order valence-electron chi connectivity index (χ3n) is 1.62. The van der Waals surface area contributed by atoms with Crippen LogP contribution < -0.4 is 5.73 Å². The quantitative estimate of drug-likeness (QED) is 0.686. The molecule has 0 aliphatic rings. The number of ether oxygens (including phenoxy) is 1. The Kier molecular flexibility index (Phi) is 3.67. The third kappa shape index (κ3) is 3.01. The molecular weight excluding hydrogens is 170 g/mol. The third-order valence-corrected chi connectivity index (χ3v) is 1.62. The molecule has 2 N–H and O–H groups in total. The summed E-state index contributed by atoms with van der Waals surface area (Å²) in [4.78, 5) is 11.4. The fraction of sp³-hybridized carbons (Fsp3) is 0.444. The number of rotatable bonds is 5. The lowest BCUT2D eigenvalue weighted by Gasteiger charge is -2.07. The number of methoxy groups -OCH3 is 1. The monoisotopic (exact) mass is 183 g/mol. The van der Waals surface area contributed by atoms with Crippen LogP contribution in [0.4, 0.5) is 0 Å². The first kappa shape index (κ1) is 9.95. The summed E-state index contributed by atoms with van der Waals surface area (Å²) >= 11 is 0. The first-order valence-electron chi connectivity index (χ1n) is 4.05. The molecule has 0 aromatic carbocycles. The van der Waals surface area contributed by atoms with E-state index in [1.165, 1.54) is 6.26 Å². The van der Waals surface area contributed by atoms with Gasteiger partial charge in [-0.1, -0.05) is 0 Å². The summed E-state index contributed by atoms with van der Waals surface area (Å²) in [5, 5.41) is 0. The molecule has 0 spiro atoms. The van der Waals surface area contributed by atoms with Crippen molar-refractivity contribution >= 4 is 5.78 Å². The molecule has 13 heavy (non-hydrogen) atoms. The van der Waals surface area contributed by atoms with Crippen LogP contribution in [0.15, 0.2) is 22.8 Å². The minimum absolute atomic E-state index is 0.0884. The van der Waals surface area contributed by atoms with E-state index in [2.05, 4.69) is 0 Å². The van der Waals surface area contributed by atoms with E-state index in [0.717, 1.165) is 0 Å². The Labute approximate surface area is 76.7 Å². The zero-order valence-electron chi connectivity index (χ0n) is 7.53. The van der Waals surface area contributed by atoms with E-state index in [1.807, 2.05) is 0 Å². The van der Waals surface area contributed by atoms with Crippen LogP contribution in [0, 0.1) is 0 Å². The van der Waals surface area contributed by atoms with Crippen LogP contribution in [0.1, 0.15) is 17.0 Å². The minimum Gasteiger partial charge on any atom is -0.461 e. The second-order valence-corrected chi connectivity index (χ2v) is 2.82. The molecule has 1 aromatic rings. The summed E-state index contributed by atoms with van der Waals surface area (Å²) in [5.74, 6) is 0.265. The van der Waals surface area contributed by atoms with Crippen molar-refractivity contribution in [2.45, 2.75) is 12.5 Å². The first-order chi connectivity index (χ1) is 6.24. The highest BCUT2D eigenvalue weighted by Gasteiger charge is 2.13. The number of furan rings is 1. The van der Waals surface area contributed by atoms with Crippen molar-refractivity contribution in [1.29, 1.82) is 0 Å². The summed E-state index contributed by atoms with van der Waals surface area (Å²) in [6, 6.07) is 3.04. The molecule has 1 heterocycles. The van der Waals surface area contributed by atoms with Gasteiger partial charge in [-0.2, -0.15) is 0 Å². The highest BCUT2D eigenvalue weighted by molar-refractivity contribution is 5.93. The number of ketones is 1. The molecule has 4 heteroatoms. The van der Waals surface area contributed by atoms with Crippen molar-refractivity contribution in [1.82, 2.24) is 0 Å². The molecule has 0 saturated heterocycles. The standard InChI is InChI=1S/C9H13NO3/c1-12-6-7(10)5-8(11)9-3-2-4-13-9/h2-4,7H,5-6,10H2,1H3. The zero-order valence-corrected chi connectivity index (χ0v) is 7.53. The van der Waals surface area contributed by atoms with Gasteiger partial charge in [0.2, 0.25) is 0 Å². The Morgan fingerprint density at radius 1 is 1.77 bits per heavy atom. The van der Waals surface area contributed by atoms with Gasteiger partial charge in [0, 0.05) is 19.6 Å². The van der Waals surface area contributed by atoms with Crippen LogP contribution in [0.2, 0.25) is 0 Å². The molecule has 0 saturated carbocycles. The molecule has 0 radical (unpaired) electrons. The van der Waals surface area contributed by atoms with E-state index >= 15 is 0 Å². The Morgan fingerprint density at radius 3 is 3.08 bits per heavy atom. The lowest BCUT2D eigenvalue weighted by atomic mass is 10.1. The summed E-state index contributed by atoms with van der Waals surface area (Å²) in [7, 11) is 1.55. The van der Waals surface area contributed by atoms with Gasteiger partial charge in [0.1, 0.15) is 0 Å². The van der Waals surface area contributed by atoms with E-state index in [1.54, 1.807) is 19.2 Å². The largest absolute Gasteiger partial charge is 0.461 e. The highest BCUT2D eigenvalue weighted by Crippen LogP contribution is 2.05. The molecule has 0 aliphatic heterocycles. The predicted octanol–water partition coefficient (Wildman–Crippen LogP) is 0.826. The zero-order chi connectivity index (χ0) is 9.68.